The molecule has 3 heteroatoms. The fraction of sp³-hybridized carbons (Fsp3) is 0.278. The highest BCUT2D eigenvalue weighted by Gasteiger charge is 1.96. The van der Waals surface area contributed by atoms with Crippen LogP contribution in [0.4, 0.5) is 0 Å². The van der Waals surface area contributed by atoms with Crippen molar-refractivity contribution in [2.75, 3.05) is 6.54 Å². The standard InChI is InChI=1S/C18H22N2O/c1-2-15-4-6-16(7-5-15)8-9-17-10-13-20(12-3-11-19)18(21)14-17/h4-10,13-14H,2-3,11-12,19H2,1H3/b9-8+. The molecule has 2 aromatic rings. The van der Waals surface area contributed by atoms with Crippen LogP contribution in [0.1, 0.15) is 30.0 Å². The van der Waals surface area contributed by atoms with Crippen LogP contribution in [0.3, 0.4) is 0 Å². The zero-order valence-electron chi connectivity index (χ0n) is 12.5. The smallest absolute Gasteiger partial charge is 0.251 e. The molecule has 0 aliphatic rings. The first kappa shape index (κ1) is 15.3. The van der Waals surface area contributed by atoms with Gasteiger partial charge in [-0.3, -0.25) is 4.79 Å². The molecule has 0 spiro atoms. The summed E-state index contributed by atoms with van der Waals surface area (Å²) in [6, 6.07) is 12.1. The molecule has 0 saturated carbocycles. The van der Waals surface area contributed by atoms with Gasteiger partial charge in [0.2, 0.25) is 0 Å². The van der Waals surface area contributed by atoms with Crippen LogP contribution in [0.5, 0.6) is 0 Å². The zero-order valence-corrected chi connectivity index (χ0v) is 12.5. The molecule has 1 aromatic carbocycles. The molecular formula is C18H22N2O. The second kappa shape index (κ2) is 7.60. The molecule has 0 aliphatic carbocycles. The maximum atomic E-state index is 11.9. The summed E-state index contributed by atoms with van der Waals surface area (Å²) in [6.07, 6.45) is 7.69. The van der Waals surface area contributed by atoms with Crippen molar-refractivity contribution in [2.24, 2.45) is 5.73 Å². The van der Waals surface area contributed by atoms with Gasteiger partial charge in [-0.25, -0.2) is 0 Å². The lowest BCUT2D eigenvalue weighted by molar-refractivity contribution is 0.629. The predicted molar refractivity (Wildman–Crippen MR) is 89.1 cm³/mol. The predicted octanol–water partition coefficient (Wildman–Crippen LogP) is 2.93. The SMILES string of the molecule is CCc1ccc(/C=C/c2ccn(CCCN)c(=O)c2)cc1. The van der Waals surface area contributed by atoms with Crippen molar-refractivity contribution in [3.05, 3.63) is 69.6 Å². The molecule has 21 heavy (non-hydrogen) atoms. The van der Waals surface area contributed by atoms with E-state index in [2.05, 4.69) is 31.2 Å². The maximum absolute atomic E-state index is 11.9. The van der Waals surface area contributed by atoms with Gasteiger partial charge < -0.3 is 10.3 Å². The van der Waals surface area contributed by atoms with Gasteiger partial charge in [0.25, 0.3) is 5.56 Å². The largest absolute Gasteiger partial charge is 0.330 e. The second-order valence-electron chi connectivity index (χ2n) is 5.06. The fourth-order valence-corrected chi connectivity index (χ4v) is 2.13. The molecule has 2 N–H and O–H groups in total. The van der Waals surface area contributed by atoms with Crippen LogP contribution in [-0.2, 0) is 13.0 Å². The summed E-state index contributed by atoms with van der Waals surface area (Å²) in [7, 11) is 0. The Kier molecular flexibility index (Phi) is 5.52. The average molecular weight is 282 g/mol. The molecule has 0 radical (unpaired) electrons. The summed E-state index contributed by atoms with van der Waals surface area (Å²) in [4.78, 5) is 11.9. The van der Waals surface area contributed by atoms with Gasteiger partial charge in [-0.2, -0.15) is 0 Å². The van der Waals surface area contributed by atoms with Crippen LogP contribution >= 0.6 is 0 Å². The van der Waals surface area contributed by atoms with E-state index in [1.807, 2.05) is 24.4 Å². The minimum atomic E-state index is 0.0203. The average Bonchev–Trinajstić information content (AvgIpc) is 2.52. The highest BCUT2D eigenvalue weighted by Crippen LogP contribution is 2.09. The molecule has 0 atom stereocenters. The topological polar surface area (TPSA) is 48.0 Å². The lowest BCUT2D eigenvalue weighted by atomic mass is 10.1. The lowest BCUT2D eigenvalue weighted by Crippen LogP contribution is -2.20. The Morgan fingerprint density at radius 2 is 1.81 bits per heavy atom. The van der Waals surface area contributed by atoms with Crippen molar-refractivity contribution >= 4 is 12.2 Å². The normalized spacial score (nSPS) is 11.1. The Morgan fingerprint density at radius 3 is 2.43 bits per heavy atom. The highest BCUT2D eigenvalue weighted by atomic mass is 16.1. The van der Waals surface area contributed by atoms with Gasteiger partial charge in [-0.1, -0.05) is 43.3 Å². The van der Waals surface area contributed by atoms with E-state index in [1.165, 1.54) is 5.56 Å². The van der Waals surface area contributed by atoms with Gasteiger partial charge in [0.05, 0.1) is 0 Å². The Hall–Kier alpha value is -2.13. The first-order valence-electron chi connectivity index (χ1n) is 7.40. The van der Waals surface area contributed by atoms with Gasteiger partial charge in [-0.05, 0) is 42.1 Å². The van der Waals surface area contributed by atoms with Gasteiger partial charge >= 0.3 is 0 Å². The lowest BCUT2D eigenvalue weighted by Gasteiger charge is -2.04. The zero-order chi connectivity index (χ0) is 15.1. The molecule has 1 aromatic heterocycles. The minimum Gasteiger partial charge on any atom is -0.330 e. The van der Waals surface area contributed by atoms with E-state index >= 15 is 0 Å². The molecule has 0 saturated heterocycles. The van der Waals surface area contributed by atoms with E-state index in [0.29, 0.717) is 13.1 Å². The number of benzene rings is 1. The van der Waals surface area contributed by atoms with Gasteiger partial charge in [0.15, 0.2) is 0 Å². The van der Waals surface area contributed by atoms with Crippen LogP contribution in [0.25, 0.3) is 12.2 Å². The number of nitrogens with two attached hydrogens (primary N) is 1. The Bertz CT molecular complexity index is 654. The van der Waals surface area contributed by atoms with Crippen molar-refractivity contribution < 1.29 is 0 Å². The van der Waals surface area contributed by atoms with Crippen LogP contribution in [-0.4, -0.2) is 11.1 Å². The molecule has 1 heterocycles. The third-order valence-corrected chi connectivity index (χ3v) is 3.48. The molecule has 110 valence electrons. The Morgan fingerprint density at radius 1 is 1.10 bits per heavy atom. The number of aromatic nitrogens is 1. The van der Waals surface area contributed by atoms with Crippen LogP contribution in [0, 0.1) is 0 Å². The quantitative estimate of drug-likeness (QED) is 0.885. The van der Waals surface area contributed by atoms with Crippen LogP contribution in [0.15, 0.2) is 47.4 Å². The third-order valence-electron chi connectivity index (χ3n) is 3.48. The Labute approximate surface area is 125 Å². The van der Waals surface area contributed by atoms with E-state index in [9.17, 15) is 4.79 Å². The molecule has 0 unspecified atom stereocenters. The van der Waals surface area contributed by atoms with E-state index in [-0.39, 0.29) is 5.56 Å². The number of rotatable bonds is 6. The molecule has 0 amide bonds. The van der Waals surface area contributed by atoms with Crippen molar-refractivity contribution in [2.45, 2.75) is 26.3 Å². The molecule has 3 nitrogen and oxygen atoms in total. The van der Waals surface area contributed by atoms with E-state index in [1.54, 1.807) is 10.6 Å². The first-order valence-corrected chi connectivity index (χ1v) is 7.40. The molecule has 0 aliphatic heterocycles. The minimum absolute atomic E-state index is 0.0203. The molecule has 0 fully saturated rings. The maximum Gasteiger partial charge on any atom is 0.251 e. The fourth-order valence-electron chi connectivity index (χ4n) is 2.13. The molecule has 2 rings (SSSR count). The number of hydrogen-bond donors (Lipinski definition) is 1. The van der Waals surface area contributed by atoms with E-state index in [4.69, 9.17) is 5.73 Å². The molecule has 0 bridgehead atoms. The van der Waals surface area contributed by atoms with Gasteiger partial charge in [0.1, 0.15) is 0 Å². The number of nitrogens with zero attached hydrogens (tertiary/aromatic N) is 1. The number of aryl methyl sites for hydroxylation is 2. The summed E-state index contributed by atoms with van der Waals surface area (Å²) < 4.78 is 1.69. The second-order valence-corrected chi connectivity index (χ2v) is 5.06. The third kappa shape index (κ3) is 4.43. The number of hydrogen-bond acceptors (Lipinski definition) is 2. The monoisotopic (exact) mass is 282 g/mol. The van der Waals surface area contributed by atoms with Crippen LogP contribution in [0.2, 0.25) is 0 Å². The van der Waals surface area contributed by atoms with E-state index in [0.717, 1.165) is 24.0 Å². The van der Waals surface area contributed by atoms with Crippen molar-refractivity contribution in [1.29, 1.82) is 0 Å². The van der Waals surface area contributed by atoms with Gasteiger partial charge in [-0.15, -0.1) is 0 Å². The Balaban J connectivity index is 2.09. The first-order chi connectivity index (χ1) is 10.2. The van der Waals surface area contributed by atoms with Crippen LogP contribution < -0.4 is 11.3 Å². The summed E-state index contributed by atoms with van der Waals surface area (Å²) >= 11 is 0. The van der Waals surface area contributed by atoms with Crippen molar-refractivity contribution in [3.8, 4) is 0 Å². The van der Waals surface area contributed by atoms with Crippen molar-refractivity contribution in [3.63, 3.8) is 0 Å². The summed E-state index contributed by atoms with van der Waals surface area (Å²) in [5.41, 5.74) is 8.87. The molecular weight excluding hydrogens is 260 g/mol. The summed E-state index contributed by atoms with van der Waals surface area (Å²) in [5, 5.41) is 0. The highest BCUT2D eigenvalue weighted by molar-refractivity contribution is 5.69. The van der Waals surface area contributed by atoms with E-state index < -0.39 is 0 Å². The van der Waals surface area contributed by atoms with Gasteiger partial charge in [0, 0.05) is 18.8 Å². The van der Waals surface area contributed by atoms with Crippen molar-refractivity contribution in [1.82, 2.24) is 4.57 Å². The summed E-state index contributed by atoms with van der Waals surface area (Å²) in [6.45, 7) is 3.42. The summed E-state index contributed by atoms with van der Waals surface area (Å²) in [5.74, 6) is 0. The number of pyridine rings is 1.